The molecule has 2 aromatic rings. The average molecular weight is 450 g/mol. The van der Waals surface area contributed by atoms with Crippen LogP contribution in [0.5, 0.6) is 0 Å². The van der Waals surface area contributed by atoms with Crippen LogP contribution in [0, 0.1) is 0 Å². The molecule has 1 N–H and O–H groups in total. The summed E-state index contributed by atoms with van der Waals surface area (Å²) in [7, 11) is -2.04. The molecule has 7 nitrogen and oxygen atoms in total. The standard InChI is InChI=1S/C21H24ClN3O4S/c1-24(30(2,28)29)15-10-11-16(18(22)14-15)20(26)23-19-9-5-4-8-17(19)21(27)25-12-6-3-7-13-25/h4-5,8-11,14H,3,6-7,12-13H2,1-2H3,(H,23,26). The molecule has 0 unspecified atom stereocenters. The molecule has 0 spiro atoms. The van der Waals surface area contributed by atoms with E-state index in [1.807, 2.05) is 0 Å². The van der Waals surface area contributed by atoms with Gasteiger partial charge in [0.15, 0.2) is 0 Å². The van der Waals surface area contributed by atoms with Gasteiger partial charge >= 0.3 is 0 Å². The fourth-order valence-electron chi connectivity index (χ4n) is 3.31. The van der Waals surface area contributed by atoms with E-state index in [1.165, 1.54) is 25.2 Å². The van der Waals surface area contributed by atoms with Crippen molar-refractivity contribution in [2.75, 3.05) is 36.0 Å². The molecule has 160 valence electrons. The Hall–Kier alpha value is -2.58. The summed E-state index contributed by atoms with van der Waals surface area (Å²) in [6, 6.07) is 11.3. The summed E-state index contributed by atoms with van der Waals surface area (Å²) < 4.78 is 24.5. The van der Waals surface area contributed by atoms with Crippen LogP contribution in [0.15, 0.2) is 42.5 Å². The number of benzene rings is 2. The third-order valence-corrected chi connectivity index (χ3v) is 6.63. The van der Waals surface area contributed by atoms with Gasteiger partial charge in [0, 0.05) is 20.1 Å². The summed E-state index contributed by atoms with van der Waals surface area (Å²) in [5.74, 6) is -0.589. The third kappa shape index (κ3) is 4.94. The van der Waals surface area contributed by atoms with Gasteiger partial charge in [-0.25, -0.2) is 8.42 Å². The molecule has 0 radical (unpaired) electrons. The maximum atomic E-state index is 12.9. The first-order chi connectivity index (χ1) is 14.2. The van der Waals surface area contributed by atoms with Crippen LogP contribution < -0.4 is 9.62 Å². The zero-order chi connectivity index (χ0) is 21.9. The number of rotatable bonds is 5. The second-order valence-corrected chi connectivity index (χ2v) is 9.67. The minimum absolute atomic E-state index is 0.109. The third-order valence-electron chi connectivity index (χ3n) is 5.11. The molecule has 1 aliphatic rings. The summed E-state index contributed by atoms with van der Waals surface area (Å²) in [5, 5.41) is 2.88. The predicted molar refractivity (Wildman–Crippen MR) is 119 cm³/mol. The van der Waals surface area contributed by atoms with Crippen molar-refractivity contribution < 1.29 is 18.0 Å². The van der Waals surface area contributed by atoms with E-state index in [0.717, 1.165) is 29.8 Å². The summed E-state index contributed by atoms with van der Waals surface area (Å²) in [6.07, 6.45) is 4.15. The van der Waals surface area contributed by atoms with Crippen molar-refractivity contribution in [1.29, 1.82) is 0 Å². The van der Waals surface area contributed by atoms with Crippen molar-refractivity contribution in [1.82, 2.24) is 4.90 Å². The number of hydrogen-bond donors (Lipinski definition) is 1. The van der Waals surface area contributed by atoms with Crippen molar-refractivity contribution in [3.05, 3.63) is 58.6 Å². The highest BCUT2D eigenvalue weighted by Crippen LogP contribution is 2.26. The van der Waals surface area contributed by atoms with Crippen LogP contribution in [0.25, 0.3) is 0 Å². The molecular weight excluding hydrogens is 426 g/mol. The number of amides is 2. The summed E-state index contributed by atoms with van der Waals surface area (Å²) in [5.41, 5.74) is 1.37. The van der Waals surface area contributed by atoms with Gasteiger partial charge in [0.25, 0.3) is 11.8 Å². The van der Waals surface area contributed by atoms with Gasteiger partial charge in [0.2, 0.25) is 10.0 Å². The molecule has 0 bridgehead atoms. The first-order valence-corrected chi connectivity index (χ1v) is 11.8. The van der Waals surface area contributed by atoms with Gasteiger partial charge in [-0.15, -0.1) is 0 Å². The minimum atomic E-state index is -3.45. The second kappa shape index (κ2) is 9.06. The Morgan fingerprint density at radius 1 is 1.03 bits per heavy atom. The number of para-hydroxylation sites is 1. The van der Waals surface area contributed by atoms with Crippen LogP contribution in [0.1, 0.15) is 40.0 Å². The fourth-order valence-corrected chi connectivity index (χ4v) is 4.07. The largest absolute Gasteiger partial charge is 0.339 e. The quantitative estimate of drug-likeness (QED) is 0.755. The van der Waals surface area contributed by atoms with Crippen LogP contribution in [0.2, 0.25) is 5.02 Å². The van der Waals surface area contributed by atoms with Crippen LogP contribution in [-0.4, -0.2) is 51.5 Å². The number of halogens is 1. The monoisotopic (exact) mass is 449 g/mol. The smallest absolute Gasteiger partial charge is 0.257 e. The number of hydrogen-bond acceptors (Lipinski definition) is 4. The molecular formula is C21H24ClN3O4S. The number of carbonyl (C=O) groups is 2. The number of nitrogens with one attached hydrogen (secondary N) is 1. The number of piperidine rings is 1. The minimum Gasteiger partial charge on any atom is -0.339 e. The lowest BCUT2D eigenvalue weighted by atomic mass is 10.1. The summed E-state index contributed by atoms with van der Waals surface area (Å²) in [4.78, 5) is 27.5. The second-order valence-electron chi connectivity index (χ2n) is 7.25. The SMILES string of the molecule is CN(c1ccc(C(=O)Nc2ccccc2C(=O)N2CCCCC2)c(Cl)c1)S(C)(=O)=O. The topological polar surface area (TPSA) is 86.8 Å². The zero-order valence-corrected chi connectivity index (χ0v) is 18.5. The summed E-state index contributed by atoms with van der Waals surface area (Å²) >= 11 is 6.25. The maximum Gasteiger partial charge on any atom is 0.257 e. The lowest BCUT2D eigenvalue weighted by Crippen LogP contribution is -2.36. The number of sulfonamides is 1. The fraction of sp³-hybridized carbons (Fsp3) is 0.333. The average Bonchev–Trinajstić information content (AvgIpc) is 2.73. The molecule has 0 atom stereocenters. The first-order valence-electron chi connectivity index (χ1n) is 9.61. The molecule has 30 heavy (non-hydrogen) atoms. The van der Waals surface area contributed by atoms with Crippen LogP contribution >= 0.6 is 11.6 Å². The number of anilines is 2. The van der Waals surface area contributed by atoms with E-state index in [2.05, 4.69) is 5.32 Å². The van der Waals surface area contributed by atoms with Gasteiger partial charge in [0.05, 0.1) is 33.8 Å². The van der Waals surface area contributed by atoms with Gasteiger partial charge < -0.3 is 10.2 Å². The van der Waals surface area contributed by atoms with Crippen LogP contribution in [0.4, 0.5) is 11.4 Å². The lowest BCUT2D eigenvalue weighted by molar-refractivity contribution is 0.0725. The van der Waals surface area contributed by atoms with Gasteiger partial charge in [-0.3, -0.25) is 13.9 Å². The molecule has 1 fully saturated rings. The Balaban J connectivity index is 1.82. The van der Waals surface area contributed by atoms with Gasteiger partial charge in [-0.2, -0.15) is 0 Å². The highest BCUT2D eigenvalue weighted by molar-refractivity contribution is 7.92. The Kier molecular flexibility index (Phi) is 6.67. The molecule has 0 saturated carbocycles. The van der Waals surface area contributed by atoms with Gasteiger partial charge in [-0.1, -0.05) is 23.7 Å². The molecule has 0 aromatic heterocycles. The van der Waals surface area contributed by atoms with Crippen LogP contribution in [0.3, 0.4) is 0 Å². The van der Waals surface area contributed by atoms with E-state index < -0.39 is 15.9 Å². The lowest BCUT2D eigenvalue weighted by Gasteiger charge is -2.27. The van der Waals surface area contributed by atoms with Gasteiger partial charge in [0.1, 0.15) is 0 Å². The van der Waals surface area contributed by atoms with Crippen molar-refractivity contribution >= 4 is 44.8 Å². The molecule has 1 heterocycles. The first kappa shape index (κ1) is 22.1. The highest BCUT2D eigenvalue weighted by Gasteiger charge is 2.22. The highest BCUT2D eigenvalue weighted by atomic mass is 35.5. The Morgan fingerprint density at radius 2 is 1.70 bits per heavy atom. The molecule has 0 aliphatic carbocycles. The van der Waals surface area contributed by atoms with Crippen molar-refractivity contribution in [3.8, 4) is 0 Å². The van der Waals surface area contributed by atoms with Crippen molar-refractivity contribution in [2.24, 2.45) is 0 Å². The van der Waals surface area contributed by atoms with Crippen molar-refractivity contribution in [2.45, 2.75) is 19.3 Å². The Labute approximate surface area is 181 Å². The molecule has 3 rings (SSSR count). The van der Waals surface area contributed by atoms with Gasteiger partial charge in [-0.05, 0) is 49.6 Å². The van der Waals surface area contributed by atoms with E-state index in [-0.39, 0.29) is 16.5 Å². The molecule has 2 aromatic carbocycles. The molecule has 9 heteroatoms. The Morgan fingerprint density at radius 3 is 2.33 bits per heavy atom. The van der Waals surface area contributed by atoms with E-state index in [4.69, 9.17) is 11.6 Å². The number of nitrogens with zero attached hydrogens (tertiary/aromatic N) is 2. The van der Waals surface area contributed by atoms with Crippen LogP contribution in [-0.2, 0) is 10.0 Å². The van der Waals surface area contributed by atoms with E-state index in [1.54, 1.807) is 29.2 Å². The Bertz CT molecular complexity index is 1070. The summed E-state index contributed by atoms with van der Waals surface area (Å²) in [6.45, 7) is 1.42. The normalized spacial score (nSPS) is 14.3. The van der Waals surface area contributed by atoms with E-state index in [0.29, 0.717) is 30.0 Å². The number of likely N-dealkylation sites (tertiary alicyclic amines) is 1. The zero-order valence-electron chi connectivity index (χ0n) is 16.9. The van der Waals surface area contributed by atoms with Crippen molar-refractivity contribution in [3.63, 3.8) is 0 Å². The molecule has 2 amide bonds. The molecule has 1 aliphatic heterocycles. The predicted octanol–water partition coefficient (Wildman–Crippen LogP) is 3.61. The van der Waals surface area contributed by atoms with E-state index >= 15 is 0 Å². The molecule has 1 saturated heterocycles. The maximum absolute atomic E-state index is 12.9. The number of carbonyl (C=O) groups excluding carboxylic acids is 2. The van der Waals surface area contributed by atoms with E-state index in [9.17, 15) is 18.0 Å².